The molecule has 12 aromatic rings. The van der Waals surface area contributed by atoms with Crippen LogP contribution in [-0.4, -0.2) is 122 Å². The molecule has 0 unspecified atom stereocenters. The molecule has 3 aliphatic heterocycles. The second-order valence-electron chi connectivity index (χ2n) is 27.2. The first-order chi connectivity index (χ1) is 55.7. The van der Waals surface area contributed by atoms with Gasteiger partial charge in [-0.1, -0.05) is 182 Å². The number of carbonyl (C=O) groups excluding carboxylic acids is 3. The Morgan fingerprint density at radius 3 is 1.01 bits per heavy atom. The van der Waals surface area contributed by atoms with Crippen LogP contribution < -0.4 is 43.6 Å². The number of nitrogens with zero attached hydrogens (tertiary/aromatic N) is 8. The average Bonchev–Trinajstić information content (AvgIpc) is 1.63. The van der Waals surface area contributed by atoms with Crippen LogP contribution in [0.4, 0.5) is 69.0 Å². The van der Waals surface area contributed by atoms with Crippen LogP contribution in [0, 0.1) is 23.3 Å². The second-order valence-corrected chi connectivity index (χ2v) is 27.2. The van der Waals surface area contributed by atoms with Crippen molar-refractivity contribution >= 4 is 87.1 Å². The maximum atomic E-state index is 14.1. The van der Waals surface area contributed by atoms with E-state index in [0.29, 0.717) is 86.5 Å². The Bertz CT molecular complexity index is 5170. The van der Waals surface area contributed by atoms with Crippen molar-refractivity contribution in [2.75, 3.05) is 90.0 Å². The Balaban J connectivity index is 0.000000150. The minimum atomic E-state index is -1.26. The summed E-state index contributed by atoms with van der Waals surface area (Å²) in [5.41, 5.74) is 6.80. The van der Waals surface area contributed by atoms with Gasteiger partial charge in [-0.3, -0.25) is 14.4 Å². The number of ether oxygens (including phenoxy) is 3. The fourth-order valence-corrected chi connectivity index (χ4v) is 14.3. The first kappa shape index (κ1) is 78.9. The number of hydrogen-bond acceptors (Lipinski definition) is 14. The van der Waals surface area contributed by atoms with Crippen LogP contribution in [0.25, 0.3) is 0 Å². The SMILES string of the molecule is CN(C(=O)C(c1ccccc1)c1ccccc1)c1ccc(N2CCCOc3ccc(F)cc32)cc1C(=O)O.CN(C(=O)C(c1ccccc1)c1ccccc1)c1cnc(N2CCCOc3cc(F)c(F)cc32)cc1C(=O)O.CN(C(=O)C(c1ccccc1)c1ccccc1)c1cnc(N2CCCOc3ccc(F)cc32)cc1C(=O)O. The molecule has 0 saturated heterocycles. The van der Waals surface area contributed by atoms with Gasteiger partial charge in [-0.25, -0.2) is 41.9 Å². The summed E-state index contributed by atoms with van der Waals surface area (Å²) in [7, 11) is 4.65. The fourth-order valence-electron chi connectivity index (χ4n) is 14.3. The summed E-state index contributed by atoms with van der Waals surface area (Å²) < 4.78 is 73.3. The van der Waals surface area contributed by atoms with Gasteiger partial charge >= 0.3 is 17.9 Å². The van der Waals surface area contributed by atoms with Crippen LogP contribution in [0.15, 0.2) is 273 Å². The molecule has 0 spiro atoms. The Hall–Kier alpha value is -14.2. The Kier molecular flexibility index (Phi) is 24.6. The largest absolute Gasteiger partial charge is 0.491 e. The quantitative estimate of drug-likeness (QED) is 0.0677. The van der Waals surface area contributed by atoms with E-state index in [1.807, 2.05) is 187 Å². The van der Waals surface area contributed by atoms with Gasteiger partial charge in [0.2, 0.25) is 17.7 Å². The van der Waals surface area contributed by atoms with Gasteiger partial charge in [0.15, 0.2) is 11.6 Å². The molecule has 582 valence electrons. The van der Waals surface area contributed by atoms with Crippen LogP contribution >= 0.6 is 0 Å². The summed E-state index contributed by atoms with van der Waals surface area (Å²) in [6.45, 7) is 2.50. The summed E-state index contributed by atoms with van der Waals surface area (Å²) in [5, 5.41) is 30.4. The molecule has 115 heavy (non-hydrogen) atoms. The number of carboxylic acid groups (broad SMARTS) is 3. The predicted molar refractivity (Wildman–Crippen MR) is 431 cm³/mol. The van der Waals surface area contributed by atoms with Crippen molar-refractivity contribution in [3.05, 3.63) is 347 Å². The number of carboxylic acids is 3. The lowest BCUT2D eigenvalue weighted by atomic mass is 9.90. The number of rotatable bonds is 18. The molecule has 3 aliphatic rings. The van der Waals surface area contributed by atoms with E-state index in [-0.39, 0.29) is 75.3 Å². The third-order valence-corrected chi connectivity index (χ3v) is 20.0. The highest BCUT2D eigenvalue weighted by atomic mass is 19.2. The summed E-state index contributed by atoms with van der Waals surface area (Å²) >= 11 is 0. The lowest BCUT2D eigenvalue weighted by molar-refractivity contribution is -0.119. The number of pyridine rings is 2. The minimum Gasteiger partial charge on any atom is -0.491 e. The van der Waals surface area contributed by atoms with Crippen molar-refractivity contribution in [3.8, 4) is 17.2 Å². The molecule has 5 heterocycles. The molecular weight excluding hydrogens is 1470 g/mol. The number of benzene rings is 10. The molecule has 0 bridgehead atoms. The predicted octanol–water partition coefficient (Wildman–Crippen LogP) is 17.6. The molecule has 0 saturated carbocycles. The Morgan fingerprint density at radius 2 is 0.652 bits per heavy atom. The smallest absolute Gasteiger partial charge is 0.338 e. The number of carbonyl (C=O) groups is 6. The molecule has 20 nitrogen and oxygen atoms in total. The van der Waals surface area contributed by atoms with E-state index in [4.69, 9.17) is 14.2 Å². The van der Waals surface area contributed by atoms with Gasteiger partial charge in [0, 0.05) is 70.7 Å². The van der Waals surface area contributed by atoms with Gasteiger partial charge in [0.1, 0.15) is 40.5 Å². The maximum absolute atomic E-state index is 14.1. The van der Waals surface area contributed by atoms with E-state index >= 15 is 0 Å². The number of likely N-dealkylation sites (N-methyl/N-ethyl adjacent to an activating group) is 3. The standard InChI is InChI=1S/C31H27FN2O4.C30H25F2N3O4.C30H26FN3O4/c1-33(30(35)29(21-9-4-2-5-10-21)22-11-6-3-7-12-22)26-15-14-24(20-25(26)31(36)37)34-17-8-18-38-28-16-13-23(32)19-27(28)34;1-34(29(36)28(19-9-4-2-5-10-19)20-11-6-3-7-12-20)25-18-33-27(15-21(25)30(37)38)35-13-8-14-39-26-17-23(32)22(31)16-24(26)35;1-33(29(35)28(20-9-4-2-5-10-20)21-11-6-3-7-12-21)25-19-32-27(18-23(25)30(36)37)34-15-8-16-38-26-14-13-22(31)17-24(26)34/h2-7,9-16,19-20,29H,8,17-18H2,1H3,(H,36,37);2-7,9-12,15-18,28H,8,13-14H2,1H3,(H,37,38);2-7,9-14,17-19,28H,8,15-16H2,1H3,(H,36,37). The number of amides is 3. The summed E-state index contributed by atoms with van der Waals surface area (Å²) in [6.07, 6.45) is 4.52. The summed E-state index contributed by atoms with van der Waals surface area (Å²) in [5.74, 6) is -7.70. The lowest BCUT2D eigenvalue weighted by Crippen LogP contribution is -2.33. The highest BCUT2D eigenvalue weighted by Gasteiger charge is 2.35. The number of halogens is 4. The third-order valence-electron chi connectivity index (χ3n) is 20.0. The van der Waals surface area contributed by atoms with Gasteiger partial charge in [0.05, 0.1) is 101 Å². The number of aromatic carboxylic acids is 3. The van der Waals surface area contributed by atoms with E-state index in [9.17, 15) is 61.6 Å². The number of aromatic nitrogens is 2. The number of hydrogen-bond donors (Lipinski definition) is 3. The van der Waals surface area contributed by atoms with Crippen molar-refractivity contribution in [2.24, 2.45) is 0 Å². The molecule has 0 atom stereocenters. The normalized spacial score (nSPS) is 12.9. The monoisotopic (exact) mass is 1550 g/mol. The molecule has 3 amide bonds. The molecule has 15 rings (SSSR count). The van der Waals surface area contributed by atoms with Crippen molar-refractivity contribution in [3.63, 3.8) is 0 Å². The molecule has 0 fully saturated rings. The van der Waals surface area contributed by atoms with E-state index in [0.717, 1.165) is 45.5 Å². The third kappa shape index (κ3) is 17.8. The molecule has 0 radical (unpaired) electrons. The van der Waals surface area contributed by atoms with Gasteiger partial charge in [-0.2, -0.15) is 0 Å². The van der Waals surface area contributed by atoms with Crippen LogP contribution in [0.1, 0.15) is 101 Å². The lowest BCUT2D eigenvalue weighted by Gasteiger charge is -2.28. The molecule has 3 N–H and O–H groups in total. The first-order valence-corrected chi connectivity index (χ1v) is 37.0. The van der Waals surface area contributed by atoms with E-state index in [1.54, 1.807) is 48.2 Å². The van der Waals surface area contributed by atoms with Crippen LogP contribution in [-0.2, 0) is 14.4 Å². The molecule has 10 aromatic carbocycles. The van der Waals surface area contributed by atoms with Crippen LogP contribution in [0.3, 0.4) is 0 Å². The Morgan fingerprint density at radius 1 is 0.348 bits per heavy atom. The van der Waals surface area contributed by atoms with Crippen molar-refractivity contribution in [1.82, 2.24) is 9.97 Å². The van der Waals surface area contributed by atoms with E-state index in [2.05, 4.69) is 9.97 Å². The topological polar surface area (TPSA) is 236 Å². The zero-order valence-electron chi connectivity index (χ0n) is 62.7. The minimum absolute atomic E-state index is 0.0265. The fraction of sp³-hybridized carbons (Fsp3) is 0.165. The van der Waals surface area contributed by atoms with Gasteiger partial charge in [-0.15, -0.1) is 0 Å². The van der Waals surface area contributed by atoms with Gasteiger partial charge in [-0.05, 0) is 107 Å². The highest BCUT2D eigenvalue weighted by molar-refractivity contribution is 6.08. The van der Waals surface area contributed by atoms with Gasteiger partial charge < -0.3 is 58.9 Å². The molecular formula is C91H78F4N8O12. The van der Waals surface area contributed by atoms with Crippen LogP contribution in [0.2, 0.25) is 0 Å². The average molecular weight is 1550 g/mol. The van der Waals surface area contributed by atoms with Crippen molar-refractivity contribution in [2.45, 2.75) is 37.0 Å². The Labute approximate surface area is 660 Å². The maximum Gasteiger partial charge on any atom is 0.338 e. The summed E-state index contributed by atoms with van der Waals surface area (Å²) in [4.78, 5) is 97.0. The molecule has 24 heteroatoms. The molecule has 0 aliphatic carbocycles. The van der Waals surface area contributed by atoms with Crippen LogP contribution in [0.5, 0.6) is 17.2 Å². The highest BCUT2D eigenvalue weighted by Crippen LogP contribution is 2.43. The first-order valence-electron chi connectivity index (χ1n) is 37.0. The van der Waals surface area contributed by atoms with E-state index in [1.165, 1.54) is 76.6 Å². The number of fused-ring (bicyclic) bond motifs is 3. The zero-order chi connectivity index (χ0) is 80.8. The van der Waals surface area contributed by atoms with Crippen molar-refractivity contribution in [1.29, 1.82) is 0 Å². The van der Waals surface area contributed by atoms with E-state index < -0.39 is 58.9 Å². The zero-order valence-corrected chi connectivity index (χ0v) is 62.7. The summed E-state index contributed by atoms with van der Waals surface area (Å²) in [6, 6.07) is 74.2. The molecule has 2 aromatic heterocycles. The van der Waals surface area contributed by atoms with Crippen molar-refractivity contribution < 1.29 is 75.9 Å². The van der Waals surface area contributed by atoms with Gasteiger partial charge in [0.25, 0.3) is 0 Å². The number of anilines is 9. The second kappa shape index (κ2) is 35.9.